The van der Waals surface area contributed by atoms with Crippen molar-refractivity contribution in [2.24, 2.45) is 0 Å². The van der Waals surface area contributed by atoms with Crippen LogP contribution in [0, 0.1) is 12.7 Å². The summed E-state index contributed by atoms with van der Waals surface area (Å²) in [6.07, 6.45) is 0.804. The minimum atomic E-state index is -0.448. The molecule has 1 aliphatic heterocycles. The number of ether oxygens (including phenoxy) is 2. The first-order chi connectivity index (χ1) is 17.4. The van der Waals surface area contributed by atoms with E-state index in [2.05, 4.69) is 14.8 Å². The number of fused-ring (bicyclic) bond motifs is 2. The number of rotatable bonds is 7. The number of anilines is 1. The molecule has 0 aliphatic carbocycles. The number of benzene rings is 3. The highest BCUT2D eigenvalue weighted by Crippen LogP contribution is 2.40. The van der Waals surface area contributed by atoms with Crippen LogP contribution in [0.5, 0.6) is 11.8 Å². The average molecular weight is 491 g/mol. The summed E-state index contributed by atoms with van der Waals surface area (Å²) in [5.74, 6) is 0.292. The molecule has 36 heavy (non-hydrogen) atoms. The van der Waals surface area contributed by atoms with E-state index in [4.69, 9.17) is 14.5 Å². The van der Waals surface area contributed by atoms with Gasteiger partial charge in [0.2, 0.25) is 0 Å². The molecule has 1 fully saturated rings. The molecule has 0 spiro atoms. The lowest BCUT2D eigenvalue weighted by Crippen LogP contribution is -2.37. The maximum Gasteiger partial charge on any atom is 0.319 e. The van der Waals surface area contributed by atoms with Gasteiger partial charge in [-0.25, -0.2) is 4.39 Å². The third-order valence-corrected chi connectivity index (χ3v) is 6.49. The largest absolute Gasteiger partial charge is 0.508 e. The summed E-state index contributed by atoms with van der Waals surface area (Å²) in [6.45, 7) is 5.66. The van der Waals surface area contributed by atoms with E-state index in [9.17, 15) is 5.11 Å². The number of phenolic OH excluding ortho intramolecular Hbond substituents is 1. The van der Waals surface area contributed by atoms with Crippen LogP contribution in [0.4, 0.5) is 10.2 Å². The molecule has 1 aliphatic rings. The van der Waals surface area contributed by atoms with Gasteiger partial charge in [0.05, 0.1) is 19.8 Å². The SMILES string of the molecule is Cc1cc2c(N3CCOCC3)nc(OCCCN(C)C)nc2c(F)c1-c1cc(O)cc2ccccc12. The van der Waals surface area contributed by atoms with Crippen LogP contribution < -0.4 is 9.64 Å². The first-order valence-electron chi connectivity index (χ1n) is 12.3. The molecule has 0 atom stereocenters. The van der Waals surface area contributed by atoms with E-state index in [1.165, 1.54) is 0 Å². The topological polar surface area (TPSA) is 71.0 Å². The Morgan fingerprint density at radius 1 is 1.08 bits per heavy atom. The van der Waals surface area contributed by atoms with Crippen molar-refractivity contribution < 1.29 is 19.0 Å². The molecule has 1 N–H and O–H groups in total. The third kappa shape index (κ3) is 4.79. The Labute approximate surface area is 210 Å². The quantitative estimate of drug-likeness (QED) is 0.374. The van der Waals surface area contributed by atoms with Crippen LogP contribution in [0.15, 0.2) is 42.5 Å². The van der Waals surface area contributed by atoms with Crippen LogP contribution in [0.3, 0.4) is 0 Å². The number of hydrogen-bond acceptors (Lipinski definition) is 7. The van der Waals surface area contributed by atoms with E-state index >= 15 is 4.39 Å². The second kappa shape index (κ2) is 10.2. The summed E-state index contributed by atoms with van der Waals surface area (Å²) in [5, 5.41) is 12.7. The van der Waals surface area contributed by atoms with Gasteiger partial charge < -0.3 is 24.4 Å². The van der Waals surface area contributed by atoms with E-state index in [0.29, 0.717) is 55.2 Å². The minimum absolute atomic E-state index is 0.0872. The number of phenols is 1. The van der Waals surface area contributed by atoms with Crippen molar-refractivity contribution in [1.82, 2.24) is 14.9 Å². The van der Waals surface area contributed by atoms with Gasteiger partial charge in [0.25, 0.3) is 0 Å². The van der Waals surface area contributed by atoms with Crippen LogP contribution >= 0.6 is 0 Å². The Morgan fingerprint density at radius 2 is 1.86 bits per heavy atom. The van der Waals surface area contributed by atoms with Crippen molar-refractivity contribution in [2.45, 2.75) is 13.3 Å². The molecule has 0 radical (unpaired) electrons. The molecule has 3 aromatic carbocycles. The number of aryl methyl sites for hydroxylation is 1. The van der Waals surface area contributed by atoms with Crippen LogP contribution in [0.1, 0.15) is 12.0 Å². The van der Waals surface area contributed by atoms with Crippen LogP contribution in [-0.4, -0.2) is 73.5 Å². The van der Waals surface area contributed by atoms with Gasteiger partial charge in [-0.1, -0.05) is 24.3 Å². The van der Waals surface area contributed by atoms with E-state index in [1.807, 2.05) is 51.4 Å². The standard InChI is InChI=1S/C28H31FN4O3/c1-18-15-23-26(25(29)24(18)22-17-20(34)16-19-7-4-5-8-21(19)22)30-28(36-12-6-9-32(2)3)31-27(23)33-10-13-35-14-11-33/h4-5,7-8,15-17,34H,6,9-14H2,1-3H3. The molecule has 4 aromatic rings. The van der Waals surface area contributed by atoms with Gasteiger partial charge in [-0.3, -0.25) is 0 Å². The van der Waals surface area contributed by atoms with Crippen molar-refractivity contribution in [3.8, 4) is 22.9 Å². The van der Waals surface area contributed by atoms with E-state index in [-0.39, 0.29) is 17.3 Å². The molecule has 0 amide bonds. The van der Waals surface area contributed by atoms with Gasteiger partial charge in [0, 0.05) is 30.6 Å². The lowest BCUT2D eigenvalue weighted by atomic mass is 9.93. The number of aromatic nitrogens is 2. The van der Waals surface area contributed by atoms with E-state index in [1.54, 1.807) is 12.1 Å². The first kappa shape index (κ1) is 24.2. The first-order valence-corrected chi connectivity index (χ1v) is 12.3. The Balaban J connectivity index is 1.67. The van der Waals surface area contributed by atoms with Crippen molar-refractivity contribution in [2.75, 3.05) is 58.5 Å². The Bertz CT molecular complexity index is 1400. The van der Waals surface area contributed by atoms with Gasteiger partial charge in [0.15, 0.2) is 5.82 Å². The third-order valence-electron chi connectivity index (χ3n) is 6.49. The minimum Gasteiger partial charge on any atom is -0.508 e. The van der Waals surface area contributed by atoms with E-state index in [0.717, 1.165) is 29.3 Å². The number of halogens is 1. The van der Waals surface area contributed by atoms with Crippen molar-refractivity contribution >= 4 is 27.5 Å². The zero-order valence-corrected chi connectivity index (χ0v) is 20.9. The second-order valence-corrected chi connectivity index (χ2v) is 9.43. The highest BCUT2D eigenvalue weighted by molar-refractivity contribution is 6.02. The summed E-state index contributed by atoms with van der Waals surface area (Å²) in [7, 11) is 4.01. The van der Waals surface area contributed by atoms with E-state index < -0.39 is 5.82 Å². The van der Waals surface area contributed by atoms with Crippen molar-refractivity contribution in [3.05, 3.63) is 53.8 Å². The molecule has 1 aromatic heterocycles. The van der Waals surface area contributed by atoms with Gasteiger partial charge in [-0.05, 0) is 67.5 Å². The molecule has 1 saturated heterocycles. The smallest absolute Gasteiger partial charge is 0.319 e. The summed E-state index contributed by atoms with van der Waals surface area (Å²) in [6, 6.07) is 13.1. The summed E-state index contributed by atoms with van der Waals surface area (Å²) < 4.78 is 27.8. The fourth-order valence-electron chi connectivity index (χ4n) is 4.78. The lowest BCUT2D eigenvalue weighted by Gasteiger charge is -2.29. The number of morpholine rings is 1. The predicted octanol–water partition coefficient (Wildman–Crippen LogP) is 4.77. The molecule has 7 nitrogen and oxygen atoms in total. The fourth-order valence-corrected chi connectivity index (χ4v) is 4.78. The zero-order valence-electron chi connectivity index (χ0n) is 20.9. The highest BCUT2D eigenvalue weighted by Gasteiger charge is 2.24. The Morgan fingerprint density at radius 3 is 2.64 bits per heavy atom. The van der Waals surface area contributed by atoms with Crippen LogP contribution in [-0.2, 0) is 4.74 Å². The maximum absolute atomic E-state index is 16.4. The molecule has 188 valence electrons. The average Bonchev–Trinajstić information content (AvgIpc) is 2.87. The number of hydrogen-bond donors (Lipinski definition) is 1. The monoisotopic (exact) mass is 490 g/mol. The van der Waals surface area contributed by atoms with Gasteiger partial charge in [-0.2, -0.15) is 9.97 Å². The number of nitrogens with zero attached hydrogens (tertiary/aromatic N) is 4. The lowest BCUT2D eigenvalue weighted by molar-refractivity contribution is 0.122. The highest BCUT2D eigenvalue weighted by atomic mass is 19.1. The molecule has 8 heteroatoms. The van der Waals surface area contributed by atoms with Gasteiger partial charge in [-0.15, -0.1) is 0 Å². The fraction of sp³-hybridized carbons (Fsp3) is 0.357. The summed E-state index contributed by atoms with van der Waals surface area (Å²) in [4.78, 5) is 13.4. The summed E-state index contributed by atoms with van der Waals surface area (Å²) in [5.41, 5.74) is 2.00. The molecule has 0 saturated carbocycles. The molecule has 5 rings (SSSR count). The molecule has 0 unspecified atom stereocenters. The Hall–Kier alpha value is -3.49. The molecular formula is C28H31FN4O3. The maximum atomic E-state index is 16.4. The predicted molar refractivity (Wildman–Crippen MR) is 141 cm³/mol. The summed E-state index contributed by atoms with van der Waals surface area (Å²) >= 11 is 0. The van der Waals surface area contributed by atoms with Gasteiger partial charge in [0.1, 0.15) is 17.1 Å². The zero-order chi connectivity index (χ0) is 25.2. The van der Waals surface area contributed by atoms with Crippen molar-refractivity contribution in [3.63, 3.8) is 0 Å². The molecule has 0 bridgehead atoms. The Kier molecular flexibility index (Phi) is 6.89. The molecular weight excluding hydrogens is 459 g/mol. The number of aromatic hydroxyl groups is 1. The van der Waals surface area contributed by atoms with Gasteiger partial charge >= 0.3 is 6.01 Å². The molecule has 2 heterocycles. The van der Waals surface area contributed by atoms with Crippen LogP contribution in [0.2, 0.25) is 0 Å². The second-order valence-electron chi connectivity index (χ2n) is 9.43. The van der Waals surface area contributed by atoms with Crippen molar-refractivity contribution in [1.29, 1.82) is 0 Å². The normalized spacial score (nSPS) is 14.2. The van der Waals surface area contributed by atoms with Crippen LogP contribution in [0.25, 0.3) is 32.8 Å².